The highest BCUT2D eigenvalue weighted by molar-refractivity contribution is 6.30. The molecule has 30 heavy (non-hydrogen) atoms. The Hall–Kier alpha value is -2.51. The van der Waals surface area contributed by atoms with Crippen LogP contribution >= 0.6 is 11.6 Å². The number of carbonyl (C=O) groups excluding carboxylic acids is 1. The lowest BCUT2D eigenvalue weighted by molar-refractivity contribution is -0.131. The molecule has 0 spiro atoms. The molecule has 1 aliphatic heterocycles. The Bertz CT molecular complexity index is 859. The van der Waals surface area contributed by atoms with Crippen LogP contribution in [0.5, 0.6) is 0 Å². The maximum atomic E-state index is 12.6. The van der Waals surface area contributed by atoms with Crippen molar-refractivity contribution in [1.29, 1.82) is 0 Å². The van der Waals surface area contributed by atoms with Crippen LogP contribution in [0.15, 0.2) is 52.1 Å². The molecule has 1 atom stereocenters. The number of rotatable bonds is 6. The van der Waals surface area contributed by atoms with Gasteiger partial charge in [0.2, 0.25) is 5.91 Å². The van der Waals surface area contributed by atoms with Crippen LogP contribution in [0, 0.1) is 0 Å². The van der Waals surface area contributed by atoms with Crippen LogP contribution in [-0.2, 0) is 16.8 Å². The first-order valence-electron chi connectivity index (χ1n) is 10.2. The highest BCUT2D eigenvalue weighted by Gasteiger charge is 2.28. The molecule has 2 N–H and O–H groups in total. The fourth-order valence-corrected chi connectivity index (χ4v) is 3.63. The quantitative estimate of drug-likeness (QED) is 0.541. The van der Waals surface area contributed by atoms with Gasteiger partial charge in [0.25, 0.3) is 0 Å². The van der Waals surface area contributed by atoms with Crippen LogP contribution in [0.3, 0.4) is 0 Å². The summed E-state index contributed by atoms with van der Waals surface area (Å²) in [5, 5.41) is 14.6. The maximum Gasteiger partial charge on any atom is 0.227 e. The van der Waals surface area contributed by atoms with Gasteiger partial charge in [-0.2, -0.15) is 0 Å². The predicted molar refractivity (Wildman–Crippen MR) is 118 cm³/mol. The van der Waals surface area contributed by atoms with Crippen LogP contribution in [0.1, 0.15) is 25.2 Å². The molecule has 1 unspecified atom stereocenters. The number of piperazine rings is 1. The van der Waals surface area contributed by atoms with E-state index in [0.717, 1.165) is 18.1 Å². The van der Waals surface area contributed by atoms with Crippen molar-refractivity contribution in [2.75, 3.05) is 39.3 Å². The first-order chi connectivity index (χ1) is 14.4. The molecule has 0 saturated carbocycles. The highest BCUT2D eigenvalue weighted by atomic mass is 35.5. The van der Waals surface area contributed by atoms with Gasteiger partial charge in [-0.05, 0) is 43.7 Å². The Balaban J connectivity index is 1.57. The third-order valence-corrected chi connectivity index (χ3v) is 5.33. The molecule has 1 aliphatic rings. The predicted octanol–water partition coefficient (Wildman–Crippen LogP) is 2.49. The molecule has 1 amide bonds. The van der Waals surface area contributed by atoms with E-state index in [1.165, 1.54) is 0 Å². The van der Waals surface area contributed by atoms with Crippen molar-refractivity contribution < 1.29 is 14.3 Å². The van der Waals surface area contributed by atoms with Gasteiger partial charge in [0.1, 0.15) is 11.4 Å². The van der Waals surface area contributed by atoms with Crippen molar-refractivity contribution in [1.82, 2.24) is 15.1 Å². The summed E-state index contributed by atoms with van der Waals surface area (Å²) in [6, 6.07) is 10.9. The summed E-state index contributed by atoms with van der Waals surface area (Å²) in [6.45, 7) is 7.19. The van der Waals surface area contributed by atoms with Crippen molar-refractivity contribution in [3.63, 3.8) is 0 Å². The number of hydrogen-bond donors (Lipinski definition) is 2. The van der Waals surface area contributed by atoms with Gasteiger partial charge >= 0.3 is 0 Å². The van der Waals surface area contributed by atoms with Crippen LogP contribution in [0.25, 0.3) is 0 Å². The number of nitrogens with zero attached hydrogens (tertiary/aromatic N) is 3. The molecule has 1 aromatic carbocycles. The zero-order valence-corrected chi connectivity index (χ0v) is 18.2. The molecular weight excluding hydrogens is 404 g/mol. The third-order valence-electron chi connectivity index (χ3n) is 5.10. The Morgan fingerprint density at radius 1 is 1.23 bits per heavy atom. The van der Waals surface area contributed by atoms with Gasteiger partial charge in [-0.3, -0.25) is 4.79 Å². The summed E-state index contributed by atoms with van der Waals surface area (Å²) in [5.41, 5.74) is -0.260. The van der Waals surface area contributed by atoms with Crippen LogP contribution in [0.4, 0.5) is 0 Å². The van der Waals surface area contributed by atoms with E-state index in [0.29, 0.717) is 43.4 Å². The van der Waals surface area contributed by atoms with Gasteiger partial charge < -0.3 is 24.6 Å². The summed E-state index contributed by atoms with van der Waals surface area (Å²) in [4.78, 5) is 21.3. The average molecular weight is 433 g/mol. The van der Waals surface area contributed by atoms with E-state index < -0.39 is 5.60 Å². The lowest BCUT2D eigenvalue weighted by atomic mass is 10.0. The first-order valence-corrected chi connectivity index (χ1v) is 10.6. The van der Waals surface area contributed by atoms with Crippen LogP contribution in [-0.4, -0.2) is 66.0 Å². The monoisotopic (exact) mass is 432 g/mol. The average Bonchev–Trinajstić information content (AvgIpc) is 3.27. The summed E-state index contributed by atoms with van der Waals surface area (Å²) in [5.74, 6) is 1.31. The minimum Gasteiger partial charge on any atom is -0.466 e. The van der Waals surface area contributed by atoms with Crippen molar-refractivity contribution in [2.45, 2.75) is 25.9 Å². The number of furan rings is 1. The smallest absolute Gasteiger partial charge is 0.227 e. The molecule has 1 aromatic heterocycles. The van der Waals surface area contributed by atoms with Gasteiger partial charge in [0.15, 0.2) is 5.96 Å². The molecule has 7 nitrogen and oxygen atoms in total. The van der Waals surface area contributed by atoms with Gasteiger partial charge in [-0.25, -0.2) is 4.99 Å². The van der Waals surface area contributed by atoms with E-state index in [9.17, 15) is 9.90 Å². The van der Waals surface area contributed by atoms with Gasteiger partial charge in [-0.15, -0.1) is 0 Å². The number of halogens is 1. The number of guanidine groups is 1. The topological polar surface area (TPSA) is 81.3 Å². The molecule has 0 radical (unpaired) electrons. The van der Waals surface area contributed by atoms with Crippen molar-refractivity contribution in [2.24, 2.45) is 4.99 Å². The fourth-order valence-electron chi connectivity index (χ4n) is 3.42. The van der Waals surface area contributed by atoms with Gasteiger partial charge in [0.05, 0.1) is 19.2 Å². The Kier molecular flexibility index (Phi) is 7.39. The second-order valence-electron chi connectivity index (χ2n) is 7.60. The molecule has 0 bridgehead atoms. The zero-order chi connectivity index (χ0) is 21.6. The molecule has 2 heterocycles. The van der Waals surface area contributed by atoms with Crippen LogP contribution < -0.4 is 5.32 Å². The zero-order valence-electron chi connectivity index (χ0n) is 17.5. The molecule has 162 valence electrons. The highest BCUT2D eigenvalue weighted by Crippen LogP contribution is 2.21. The lowest BCUT2D eigenvalue weighted by Crippen LogP contribution is -2.54. The summed E-state index contributed by atoms with van der Waals surface area (Å²) in [7, 11) is 0. The summed E-state index contributed by atoms with van der Waals surface area (Å²) < 4.78 is 5.33. The largest absolute Gasteiger partial charge is 0.466 e. The van der Waals surface area contributed by atoms with Crippen molar-refractivity contribution >= 4 is 23.5 Å². The van der Waals surface area contributed by atoms with E-state index in [4.69, 9.17) is 16.0 Å². The fraction of sp³-hybridized carbons (Fsp3) is 0.455. The second-order valence-corrected chi connectivity index (χ2v) is 8.03. The normalized spacial score (nSPS) is 17.0. The Labute approximate surface area is 182 Å². The van der Waals surface area contributed by atoms with E-state index >= 15 is 0 Å². The lowest BCUT2D eigenvalue weighted by Gasteiger charge is -2.37. The molecule has 2 aromatic rings. The van der Waals surface area contributed by atoms with E-state index in [1.54, 1.807) is 31.4 Å². The molecule has 8 heteroatoms. The van der Waals surface area contributed by atoms with Crippen molar-refractivity contribution in [3.8, 4) is 0 Å². The molecule has 0 aliphatic carbocycles. The minimum atomic E-state index is -1.18. The Morgan fingerprint density at radius 2 is 1.97 bits per heavy atom. The number of aliphatic imine (C=N–C) groups is 1. The molecule has 1 fully saturated rings. The number of amides is 1. The first kappa shape index (κ1) is 22.2. The number of benzene rings is 1. The standard InChI is InChI=1S/C22H29ClN4O3/c1-3-24-21(25-16-22(2,29)19-8-5-13-30-19)27-11-9-26(10-12-27)20(28)15-17-6-4-7-18(23)14-17/h4-8,13-14,29H,3,9-12,15-16H2,1-2H3,(H,24,25). The number of carbonyl (C=O) groups is 1. The minimum absolute atomic E-state index is 0.0969. The molecule has 1 saturated heterocycles. The van der Waals surface area contributed by atoms with E-state index in [1.807, 2.05) is 30.0 Å². The van der Waals surface area contributed by atoms with E-state index in [2.05, 4.69) is 15.2 Å². The number of nitrogens with one attached hydrogen (secondary N) is 1. The number of aliphatic hydroxyl groups is 1. The molecule has 3 rings (SSSR count). The van der Waals surface area contributed by atoms with E-state index in [-0.39, 0.29) is 12.5 Å². The maximum absolute atomic E-state index is 12.6. The molecular formula is C22H29ClN4O3. The van der Waals surface area contributed by atoms with Crippen molar-refractivity contribution in [3.05, 3.63) is 59.0 Å². The van der Waals surface area contributed by atoms with Gasteiger partial charge in [-0.1, -0.05) is 23.7 Å². The third kappa shape index (κ3) is 5.77. The SMILES string of the molecule is CCNC(=NCC(C)(O)c1ccco1)N1CCN(C(=O)Cc2cccc(Cl)c2)CC1. The Morgan fingerprint density at radius 3 is 2.60 bits per heavy atom. The number of hydrogen-bond acceptors (Lipinski definition) is 4. The van der Waals surface area contributed by atoms with Crippen LogP contribution in [0.2, 0.25) is 5.02 Å². The summed E-state index contributed by atoms with van der Waals surface area (Å²) in [6.07, 6.45) is 1.89. The van der Waals surface area contributed by atoms with Gasteiger partial charge in [0, 0.05) is 37.7 Å². The summed E-state index contributed by atoms with van der Waals surface area (Å²) >= 11 is 6.02. The second kappa shape index (κ2) is 10.00.